The van der Waals surface area contributed by atoms with Gasteiger partial charge in [-0.1, -0.05) is 69.3 Å². The Balaban J connectivity index is 1.72. The summed E-state index contributed by atoms with van der Waals surface area (Å²) in [6, 6.07) is 20.1. The van der Waals surface area contributed by atoms with E-state index in [-0.39, 0.29) is 5.60 Å². The van der Waals surface area contributed by atoms with Crippen LogP contribution in [-0.2, 0) is 11.2 Å². The molecular weight excluding hydrogens is 306 g/mol. The molecule has 2 aliphatic rings. The van der Waals surface area contributed by atoms with Gasteiger partial charge in [0.05, 0.1) is 18.2 Å². The summed E-state index contributed by atoms with van der Waals surface area (Å²) < 4.78 is 6.64. The highest BCUT2D eigenvalue weighted by molar-refractivity contribution is 5.61. The molecule has 0 aliphatic carbocycles. The van der Waals surface area contributed by atoms with Crippen LogP contribution >= 0.6 is 0 Å². The second kappa shape index (κ2) is 6.49. The molecule has 1 fully saturated rings. The molecule has 4 atom stereocenters. The number of fused-ring (bicyclic) bond motifs is 3. The van der Waals surface area contributed by atoms with E-state index in [1.54, 1.807) is 0 Å². The van der Waals surface area contributed by atoms with Crippen molar-refractivity contribution in [3.8, 4) is 0 Å². The maximum Gasteiger partial charge on any atom is 0.0908 e. The molecule has 0 radical (unpaired) electrons. The molecule has 25 heavy (non-hydrogen) atoms. The normalized spacial score (nSPS) is 30.6. The van der Waals surface area contributed by atoms with Crippen LogP contribution in [0.1, 0.15) is 44.2 Å². The first-order valence-electron chi connectivity index (χ1n) is 9.69. The topological polar surface area (TPSA) is 21.3 Å². The second-order valence-electron chi connectivity index (χ2n) is 7.96. The molecule has 0 spiro atoms. The van der Waals surface area contributed by atoms with Crippen LogP contribution in [0.5, 0.6) is 0 Å². The zero-order valence-corrected chi connectivity index (χ0v) is 15.5. The van der Waals surface area contributed by atoms with E-state index < -0.39 is 0 Å². The fourth-order valence-electron chi connectivity index (χ4n) is 5.12. The summed E-state index contributed by atoms with van der Waals surface area (Å²) in [6.07, 6.45) is 2.13. The summed E-state index contributed by atoms with van der Waals surface area (Å²) in [5, 5.41) is 3.85. The van der Waals surface area contributed by atoms with Crippen molar-refractivity contribution < 1.29 is 4.74 Å². The molecule has 1 saturated heterocycles. The third-order valence-corrected chi connectivity index (χ3v) is 6.46. The lowest BCUT2D eigenvalue weighted by Crippen LogP contribution is -2.59. The Kier molecular flexibility index (Phi) is 4.33. The Hall–Kier alpha value is -1.80. The number of hydrogen-bond donors (Lipinski definition) is 1. The lowest BCUT2D eigenvalue weighted by molar-refractivity contribution is -0.143. The largest absolute Gasteiger partial charge is 0.379 e. The minimum absolute atomic E-state index is 0.0864. The van der Waals surface area contributed by atoms with E-state index >= 15 is 0 Å². The van der Waals surface area contributed by atoms with E-state index in [4.69, 9.17) is 4.74 Å². The zero-order chi connectivity index (χ0) is 17.4. The summed E-state index contributed by atoms with van der Waals surface area (Å²) in [6.45, 7) is 7.74. The van der Waals surface area contributed by atoms with Crippen molar-refractivity contribution in [2.75, 3.05) is 11.9 Å². The highest BCUT2D eigenvalue weighted by Crippen LogP contribution is 2.52. The van der Waals surface area contributed by atoms with Gasteiger partial charge in [0.2, 0.25) is 0 Å². The van der Waals surface area contributed by atoms with Gasteiger partial charge in [0.15, 0.2) is 0 Å². The number of rotatable bonds is 4. The van der Waals surface area contributed by atoms with Crippen molar-refractivity contribution in [3.05, 3.63) is 65.7 Å². The molecule has 2 nitrogen and oxygen atoms in total. The third-order valence-electron chi connectivity index (χ3n) is 6.46. The fraction of sp³-hybridized carbons (Fsp3) is 0.478. The molecule has 1 N–H and O–H groups in total. The molecule has 2 heterocycles. The average molecular weight is 335 g/mol. The minimum Gasteiger partial charge on any atom is -0.379 e. The summed E-state index contributed by atoms with van der Waals surface area (Å²) in [7, 11) is 0. The molecule has 2 aromatic rings. The van der Waals surface area contributed by atoms with Gasteiger partial charge in [-0.15, -0.1) is 0 Å². The summed E-state index contributed by atoms with van der Waals surface area (Å²) in [5.41, 5.74) is 4.11. The van der Waals surface area contributed by atoms with Crippen molar-refractivity contribution in [3.63, 3.8) is 0 Å². The number of para-hydroxylation sites is 1. The van der Waals surface area contributed by atoms with Gasteiger partial charge in [-0.2, -0.15) is 0 Å². The van der Waals surface area contributed by atoms with Gasteiger partial charge in [-0.3, -0.25) is 0 Å². The Labute approximate surface area is 151 Å². The standard InChI is InChI=1S/C23H29NO/c1-4-23(16(2)3)22-21(19-12-8-9-13-20(19)24-22)18(15-25-23)14-17-10-6-5-7-11-17/h5-13,16,18,21-22,24H,4,14-15H2,1-3H3. The Bertz CT molecular complexity index is 726. The lowest BCUT2D eigenvalue weighted by Gasteiger charge is -2.51. The molecule has 2 aromatic carbocycles. The van der Waals surface area contributed by atoms with Crippen LogP contribution in [0.4, 0.5) is 5.69 Å². The van der Waals surface area contributed by atoms with Gasteiger partial charge < -0.3 is 10.1 Å². The van der Waals surface area contributed by atoms with Gasteiger partial charge in [-0.25, -0.2) is 0 Å². The van der Waals surface area contributed by atoms with Crippen molar-refractivity contribution in [2.24, 2.45) is 11.8 Å². The third kappa shape index (κ3) is 2.67. The van der Waals surface area contributed by atoms with Crippen LogP contribution in [0.15, 0.2) is 54.6 Å². The molecule has 0 amide bonds. The van der Waals surface area contributed by atoms with Crippen LogP contribution in [0.3, 0.4) is 0 Å². The minimum atomic E-state index is -0.0864. The van der Waals surface area contributed by atoms with Crippen molar-refractivity contribution in [2.45, 2.75) is 51.2 Å². The first kappa shape index (κ1) is 16.7. The van der Waals surface area contributed by atoms with E-state index in [0.29, 0.717) is 23.8 Å². The van der Waals surface area contributed by atoms with Crippen molar-refractivity contribution >= 4 is 5.69 Å². The molecule has 2 aliphatic heterocycles. The van der Waals surface area contributed by atoms with E-state index in [1.807, 2.05) is 0 Å². The molecule has 0 bridgehead atoms. The maximum atomic E-state index is 6.64. The molecule has 4 unspecified atom stereocenters. The van der Waals surface area contributed by atoms with Crippen LogP contribution in [-0.4, -0.2) is 18.2 Å². The SMILES string of the molecule is CCC1(C(C)C)OCC(Cc2ccccc2)C2c3ccccc3NC21. The zero-order valence-electron chi connectivity index (χ0n) is 15.5. The molecule has 2 heteroatoms. The number of benzene rings is 2. The smallest absolute Gasteiger partial charge is 0.0908 e. The molecule has 4 rings (SSSR count). The Morgan fingerprint density at radius 3 is 2.52 bits per heavy atom. The second-order valence-corrected chi connectivity index (χ2v) is 7.96. The van der Waals surface area contributed by atoms with E-state index in [1.165, 1.54) is 16.8 Å². The number of hydrogen-bond acceptors (Lipinski definition) is 2. The summed E-state index contributed by atoms with van der Waals surface area (Å²) in [5.74, 6) is 1.53. The van der Waals surface area contributed by atoms with E-state index in [2.05, 4.69) is 80.7 Å². The number of nitrogens with one attached hydrogen (secondary N) is 1. The Morgan fingerprint density at radius 2 is 1.80 bits per heavy atom. The monoisotopic (exact) mass is 335 g/mol. The van der Waals surface area contributed by atoms with Gasteiger partial charge in [0, 0.05) is 11.6 Å². The van der Waals surface area contributed by atoms with E-state index in [0.717, 1.165) is 19.4 Å². The lowest BCUT2D eigenvalue weighted by atomic mass is 9.67. The number of ether oxygens (including phenoxy) is 1. The van der Waals surface area contributed by atoms with Crippen LogP contribution in [0.25, 0.3) is 0 Å². The molecule has 132 valence electrons. The van der Waals surface area contributed by atoms with E-state index in [9.17, 15) is 0 Å². The van der Waals surface area contributed by atoms with Gasteiger partial charge in [-0.05, 0) is 41.9 Å². The molecular formula is C23H29NO. The first-order valence-corrected chi connectivity index (χ1v) is 9.69. The van der Waals surface area contributed by atoms with Gasteiger partial charge >= 0.3 is 0 Å². The quantitative estimate of drug-likeness (QED) is 0.823. The maximum absolute atomic E-state index is 6.64. The van der Waals surface area contributed by atoms with Crippen LogP contribution in [0, 0.1) is 11.8 Å². The van der Waals surface area contributed by atoms with Gasteiger partial charge in [0.1, 0.15) is 0 Å². The summed E-state index contributed by atoms with van der Waals surface area (Å²) >= 11 is 0. The van der Waals surface area contributed by atoms with Crippen molar-refractivity contribution in [1.82, 2.24) is 0 Å². The van der Waals surface area contributed by atoms with Crippen molar-refractivity contribution in [1.29, 1.82) is 0 Å². The van der Waals surface area contributed by atoms with Gasteiger partial charge in [0.25, 0.3) is 0 Å². The van der Waals surface area contributed by atoms with Crippen LogP contribution in [0.2, 0.25) is 0 Å². The Morgan fingerprint density at radius 1 is 1.08 bits per heavy atom. The summed E-state index contributed by atoms with van der Waals surface area (Å²) in [4.78, 5) is 0. The fourth-order valence-corrected chi connectivity index (χ4v) is 5.12. The van der Waals surface area contributed by atoms with Crippen LogP contribution < -0.4 is 5.32 Å². The highest BCUT2D eigenvalue weighted by Gasteiger charge is 2.54. The molecule has 0 aromatic heterocycles. The predicted octanol–water partition coefficient (Wildman–Crippen LogP) is 5.26. The molecule has 0 saturated carbocycles. The average Bonchev–Trinajstić information content (AvgIpc) is 3.03. The first-order chi connectivity index (χ1) is 12.2. The highest BCUT2D eigenvalue weighted by atomic mass is 16.5. The number of anilines is 1. The predicted molar refractivity (Wildman–Crippen MR) is 104 cm³/mol.